The van der Waals surface area contributed by atoms with E-state index in [4.69, 9.17) is 0 Å². The van der Waals surface area contributed by atoms with Crippen LogP contribution in [0.2, 0.25) is 0 Å². The van der Waals surface area contributed by atoms with Crippen LogP contribution < -0.4 is 0 Å². The maximum Gasteiger partial charge on any atom is 0.0737 e. The summed E-state index contributed by atoms with van der Waals surface area (Å²) in [6.45, 7) is 0. The smallest absolute Gasteiger partial charge is 0.0619 e. The van der Waals surface area contributed by atoms with Crippen molar-refractivity contribution in [3.8, 4) is 44.5 Å². The molecule has 0 N–H and O–H groups in total. The highest BCUT2D eigenvalue weighted by Crippen LogP contribution is 2.67. The molecule has 0 nitrogen and oxygen atoms in total. The molecule has 0 saturated heterocycles. The molecule has 0 radical (unpaired) electrons. The molecule has 0 aliphatic heterocycles. The molecule has 2 aliphatic rings. The Labute approximate surface area is 299 Å². The van der Waals surface area contributed by atoms with Gasteiger partial charge in [0.2, 0.25) is 0 Å². The van der Waals surface area contributed by atoms with Gasteiger partial charge >= 0.3 is 0 Å². The van der Waals surface area contributed by atoms with Crippen LogP contribution in [0, 0.1) is 0 Å². The van der Waals surface area contributed by atoms with Gasteiger partial charge in [-0.1, -0.05) is 174 Å². The van der Waals surface area contributed by atoms with Gasteiger partial charge in [-0.25, -0.2) is 0 Å². The number of hydrogen-bond donors (Lipinski definition) is 0. The van der Waals surface area contributed by atoms with Crippen LogP contribution >= 0.6 is 15.9 Å². The van der Waals surface area contributed by atoms with Gasteiger partial charge in [-0.2, -0.15) is 0 Å². The lowest BCUT2D eigenvalue weighted by Crippen LogP contribution is -2.27. The van der Waals surface area contributed by atoms with E-state index in [0.29, 0.717) is 0 Å². The van der Waals surface area contributed by atoms with E-state index in [1.807, 2.05) is 0 Å². The summed E-state index contributed by atoms with van der Waals surface area (Å²) in [4.78, 5) is 0. The third kappa shape index (κ3) is 3.65. The van der Waals surface area contributed by atoms with Gasteiger partial charge < -0.3 is 0 Å². The number of rotatable bonds is 2. The van der Waals surface area contributed by atoms with Gasteiger partial charge in [0, 0.05) is 4.47 Å². The Kier molecular flexibility index (Phi) is 5.83. The van der Waals surface area contributed by atoms with Crippen LogP contribution in [-0.4, -0.2) is 0 Å². The highest BCUT2D eigenvalue weighted by Gasteiger charge is 2.54. The zero-order valence-electron chi connectivity index (χ0n) is 27.1. The average Bonchev–Trinajstić information content (AvgIpc) is 3.66. The largest absolute Gasteiger partial charge is 0.0737 e. The van der Waals surface area contributed by atoms with Crippen LogP contribution in [-0.2, 0) is 5.41 Å². The summed E-state index contributed by atoms with van der Waals surface area (Å²) in [6.07, 6.45) is 0. The molecule has 0 fully saturated rings. The Bertz CT molecular complexity index is 2880. The molecule has 11 rings (SSSR count). The van der Waals surface area contributed by atoms with Crippen molar-refractivity contribution in [3.05, 3.63) is 203 Å². The van der Waals surface area contributed by atoms with E-state index in [1.54, 1.807) is 0 Å². The zero-order valence-corrected chi connectivity index (χ0v) is 28.7. The maximum atomic E-state index is 3.67. The predicted molar refractivity (Wildman–Crippen MR) is 214 cm³/mol. The third-order valence-electron chi connectivity index (χ3n) is 11.3. The molecule has 0 saturated carbocycles. The fourth-order valence-corrected chi connectivity index (χ4v) is 9.75. The molecule has 1 atom stereocenters. The molecular formula is C49H29Br. The van der Waals surface area contributed by atoms with E-state index in [1.165, 1.54) is 99.1 Å². The Morgan fingerprint density at radius 3 is 1.78 bits per heavy atom. The van der Waals surface area contributed by atoms with Crippen molar-refractivity contribution in [3.63, 3.8) is 0 Å². The number of hydrogen-bond acceptors (Lipinski definition) is 0. The molecule has 0 bridgehead atoms. The van der Waals surface area contributed by atoms with Gasteiger partial charge in [-0.05, 0) is 117 Å². The first-order valence-electron chi connectivity index (χ1n) is 17.3. The van der Waals surface area contributed by atoms with E-state index < -0.39 is 5.41 Å². The molecule has 2 aliphatic carbocycles. The van der Waals surface area contributed by atoms with E-state index in [0.717, 1.165) is 4.47 Å². The van der Waals surface area contributed by atoms with Crippen LogP contribution in [0.25, 0.3) is 76.8 Å². The minimum atomic E-state index is -0.510. The Morgan fingerprint density at radius 1 is 0.340 bits per heavy atom. The van der Waals surface area contributed by atoms with Gasteiger partial charge in [-0.15, -0.1) is 0 Å². The standard InChI is InChI=1S/C49H29Br/c50-36-14-9-13-34(28-36)30-20-22-33(23-21-30)42-29-35-12-3-5-16-38(35)46-41-26-24-32-11-2-6-17-39(32)47(41)49(48(42)46)43-19-8-7-18-40(43)45-37-15-4-1-10-31(37)25-27-44(45)49/h1-29H. The molecule has 0 aromatic heterocycles. The first-order chi connectivity index (χ1) is 24.7. The molecular weight excluding hydrogens is 668 g/mol. The van der Waals surface area contributed by atoms with Crippen molar-refractivity contribution in [2.75, 3.05) is 0 Å². The summed E-state index contributed by atoms with van der Waals surface area (Å²) in [5.74, 6) is 0. The molecule has 1 heteroatoms. The third-order valence-corrected chi connectivity index (χ3v) is 11.8. The highest BCUT2D eigenvalue weighted by molar-refractivity contribution is 9.10. The summed E-state index contributed by atoms with van der Waals surface area (Å²) in [5, 5.41) is 7.74. The second kappa shape index (κ2) is 10.4. The van der Waals surface area contributed by atoms with Crippen LogP contribution in [0.1, 0.15) is 22.3 Å². The van der Waals surface area contributed by atoms with Crippen LogP contribution in [0.5, 0.6) is 0 Å². The van der Waals surface area contributed by atoms with Gasteiger partial charge in [0.05, 0.1) is 5.41 Å². The lowest BCUT2D eigenvalue weighted by Gasteiger charge is -2.33. The molecule has 50 heavy (non-hydrogen) atoms. The highest BCUT2D eigenvalue weighted by atomic mass is 79.9. The minimum Gasteiger partial charge on any atom is -0.0619 e. The Balaban J connectivity index is 1.33. The van der Waals surface area contributed by atoms with E-state index >= 15 is 0 Å². The van der Waals surface area contributed by atoms with Gasteiger partial charge in [0.25, 0.3) is 0 Å². The van der Waals surface area contributed by atoms with Crippen LogP contribution in [0.15, 0.2) is 180 Å². The molecule has 0 heterocycles. The summed E-state index contributed by atoms with van der Waals surface area (Å²) in [5.41, 5.74) is 15.3. The van der Waals surface area contributed by atoms with E-state index in [-0.39, 0.29) is 0 Å². The molecule has 1 unspecified atom stereocenters. The molecule has 1 spiro atoms. The fraction of sp³-hybridized carbons (Fsp3) is 0.0204. The van der Waals surface area contributed by atoms with Gasteiger partial charge in [0.15, 0.2) is 0 Å². The molecule has 0 amide bonds. The first kappa shape index (κ1) is 28.1. The SMILES string of the molecule is Brc1cccc(-c2ccc(-c3cc4ccccc4c4c3C3(c5ccccc5-c5c3ccc3ccccc53)c3c-4ccc4ccccc34)cc2)c1. The van der Waals surface area contributed by atoms with Crippen molar-refractivity contribution in [2.45, 2.75) is 5.41 Å². The molecule has 232 valence electrons. The molecule has 9 aromatic carbocycles. The van der Waals surface area contributed by atoms with Crippen molar-refractivity contribution < 1.29 is 0 Å². The summed E-state index contributed by atoms with van der Waals surface area (Å²) in [6, 6.07) is 65.9. The Morgan fingerprint density at radius 2 is 0.980 bits per heavy atom. The molecule has 9 aromatic rings. The number of benzene rings is 9. The van der Waals surface area contributed by atoms with Crippen molar-refractivity contribution in [1.82, 2.24) is 0 Å². The Hall–Kier alpha value is -5.76. The van der Waals surface area contributed by atoms with Crippen molar-refractivity contribution in [2.24, 2.45) is 0 Å². The van der Waals surface area contributed by atoms with Crippen LogP contribution in [0.4, 0.5) is 0 Å². The quantitative estimate of drug-likeness (QED) is 0.169. The van der Waals surface area contributed by atoms with Crippen molar-refractivity contribution in [1.29, 1.82) is 0 Å². The van der Waals surface area contributed by atoms with Gasteiger partial charge in [-0.3, -0.25) is 0 Å². The van der Waals surface area contributed by atoms with Gasteiger partial charge in [0.1, 0.15) is 0 Å². The lowest BCUT2D eigenvalue weighted by atomic mass is 9.67. The number of halogens is 1. The fourth-order valence-electron chi connectivity index (χ4n) is 9.35. The monoisotopic (exact) mass is 696 g/mol. The van der Waals surface area contributed by atoms with Crippen molar-refractivity contribution >= 4 is 48.2 Å². The summed E-state index contributed by atoms with van der Waals surface area (Å²) < 4.78 is 1.09. The normalized spacial score (nSPS) is 15.4. The van der Waals surface area contributed by atoms with E-state index in [2.05, 4.69) is 192 Å². The second-order valence-corrected chi connectivity index (χ2v) is 14.6. The second-order valence-electron chi connectivity index (χ2n) is 13.7. The minimum absolute atomic E-state index is 0.510. The summed E-state index contributed by atoms with van der Waals surface area (Å²) in [7, 11) is 0. The lowest BCUT2D eigenvalue weighted by molar-refractivity contribution is 0.804. The first-order valence-corrected chi connectivity index (χ1v) is 18.1. The van der Waals surface area contributed by atoms with E-state index in [9.17, 15) is 0 Å². The predicted octanol–water partition coefficient (Wildman–Crippen LogP) is 13.6. The zero-order chi connectivity index (χ0) is 33.0. The van der Waals surface area contributed by atoms with Crippen LogP contribution in [0.3, 0.4) is 0 Å². The topological polar surface area (TPSA) is 0 Å². The number of fused-ring (bicyclic) bond motifs is 16. The average molecular weight is 698 g/mol. The maximum absolute atomic E-state index is 3.67. The summed E-state index contributed by atoms with van der Waals surface area (Å²) >= 11 is 3.67.